The Morgan fingerprint density at radius 1 is 1.34 bits per heavy atom. The van der Waals surface area contributed by atoms with Crippen molar-refractivity contribution in [3.8, 4) is 0 Å². The molecule has 1 heterocycles. The van der Waals surface area contributed by atoms with E-state index in [0.29, 0.717) is 6.42 Å². The molecule has 1 aliphatic heterocycles. The zero-order valence-electron chi connectivity index (χ0n) is 20.2. The molecule has 10 atom stereocenters. The summed E-state index contributed by atoms with van der Waals surface area (Å²) in [6, 6.07) is 0. The number of allylic oxidation sites excluding steroid dienone is 4. The van der Waals surface area contributed by atoms with Crippen molar-refractivity contribution in [3.05, 3.63) is 23.8 Å². The Hall–Kier alpha value is -2.04. The molecule has 0 aromatic heterocycles. The number of rotatable bonds is 6. The average Bonchev–Trinajstić information content (AvgIpc) is 3.28. The molecular weight excluding hydrogens is 460 g/mol. The number of carbonyl (C=O) groups is 2. The number of Topliss-reactive ketones (excluding diaryl/α,β-unsaturated/α-hetero) is 1. The van der Waals surface area contributed by atoms with E-state index < -0.39 is 64.4 Å². The number of halogens is 2. The highest BCUT2D eigenvalue weighted by Gasteiger charge is 2.79. The summed E-state index contributed by atoms with van der Waals surface area (Å²) in [6.07, 6.45) is 0.749. The van der Waals surface area contributed by atoms with Gasteiger partial charge in [0.1, 0.15) is 6.17 Å². The van der Waals surface area contributed by atoms with E-state index in [9.17, 15) is 14.7 Å². The van der Waals surface area contributed by atoms with Crippen LogP contribution in [-0.4, -0.2) is 59.2 Å². The van der Waals surface area contributed by atoms with Gasteiger partial charge in [-0.2, -0.15) is 5.53 Å². The Morgan fingerprint density at radius 2 is 2.09 bits per heavy atom. The summed E-state index contributed by atoms with van der Waals surface area (Å²) in [4.78, 5) is 25.6. The number of hydrogen-bond acceptors (Lipinski definition) is 7. The van der Waals surface area contributed by atoms with E-state index in [0.717, 1.165) is 12.5 Å². The predicted octanol–water partition coefficient (Wildman–Crippen LogP) is 3.30. The Balaban J connectivity index is 1.60. The van der Waals surface area contributed by atoms with Crippen LogP contribution in [0.5, 0.6) is 0 Å². The fourth-order valence-corrected chi connectivity index (χ4v) is 8.13. The Morgan fingerprint density at radius 3 is 2.77 bits per heavy atom. The number of aliphatic hydroxyl groups is 1. The van der Waals surface area contributed by atoms with Crippen LogP contribution in [-0.2, 0) is 19.1 Å². The van der Waals surface area contributed by atoms with Gasteiger partial charge in [0, 0.05) is 16.7 Å². The van der Waals surface area contributed by atoms with Crippen LogP contribution < -0.4 is 5.43 Å². The van der Waals surface area contributed by atoms with Crippen molar-refractivity contribution in [2.24, 2.45) is 27.9 Å². The smallest absolute Gasteiger partial charge is 0.188 e. The lowest BCUT2D eigenvalue weighted by Gasteiger charge is -2.63. The van der Waals surface area contributed by atoms with Crippen molar-refractivity contribution < 1.29 is 33.0 Å². The van der Waals surface area contributed by atoms with Gasteiger partial charge in [0.25, 0.3) is 0 Å². The third kappa shape index (κ3) is 2.93. The number of fused-ring (bicyclic) bond motifs is 7. The molecule has 0 amide bonds. The van der Waals surface area contributed by atoms with Crippen molar-refractivity contribution in [3.63, 3.8) is 0 Å². The van der Waals surface area contributed by atoms with Gasteiger partial charge >= 0.3 is 0 Å². The molecule has 5 rings (SSSR count). The van der Waals surface area contributed by atoms with Gasteiger partial charge in [0.2, 0.25) is 0 Å². The van der Waals surface area contributed by atoms with Gasteiger partial charge in [0.05, 0.1) is 18.8 Å². The monoisotopic (exact) mass is 493 g/mol. The molecule has 1 unspecified atom stereocenters. The van der Waals surface area contributed by atoms with Crippen LogP contribution in [0.4, 0.5) is 8.78 Å². The minimum absolute atomic E-state index is 0.0622. The summed E-state index contributed by atoms with van der Waals surface area (Å²) in [5.41, 5.74) is 3.25. The first kappa shape index (κ1) is 24.6. The zero-order chi connectivity index (χ0) is 25.4. The minimum Gasteiger partial charge on any atom is -0.390 e. The molecule has 192 valence electrons. The molecule has 10 heteroatoms. The predicted molar refractivity (Wildman–Crippen MR) is 120 cm³/mol. The summed E-state index contributed by atoms with van der Waals surface area (Å²) >= 11 is 0. The summed E-state index contributed by atoms with van der Waals surface area (Å²) in [6.45, 7) is 5.06. The van der Waals surface area contributed by atoms with Crippen molar-refractivity contribution in [1.82, 2.24) is 5.43 Å². The number of hydrogen-bond donors (Lipinski definition) is 3. The van der Waals surface area contributed by atoms with E-state index in [1.807, 2.05) is 13.8 Å². The van der Waals surface area contributed by atoms with Crippen LogP contribution in [0, 0.1) is 28.2 Å². The highest BCUT2D eigenvalue weighted by molar-refractivity contribution is 6.01. The lowest BCUT2D eigenvalue weighted by Crippen LogP contribution is -2.71. The van der Waals surface area contributed by atoms with E-state index in [-0.39, 0.29) is 37.2 Å². The first-order valence-corrected chi connectivity index (χ1v) is 12.4. The van der Waals surface area contributed by atoms with E-state index >= 15 is 8.78 Å². The molecular formula is C25H33F2N3O5. The number of carbonyl (C=O) groups excluding carboxylic acids is 2. The van der Waals surface area contributed by atoms with Crippen molar-refractivity contribution in [2.75, 3.05) is 6.54 Å². The van der Waals surface area contributed by atoms with E-state index in [1.165, 1.54) is 12.2 Å². The summed E-state index contributed by atoms with van der Waals surface area (Å²) in [7, 11) is 0. The maximum Gasteiger partial charge on any atom is 0.188 e. The molecule has 35 heavy (non-hydrogen) atoms. The van der Waals surface area contributed by atoms with Crippen LogP contribution in [0.1, 0.15) is 52.9 Å². The maximum absolute atomic E-state index is 17.3. The van der Waals surface area contributed by atoms with Crippen LogP contribution in [0.15, 0.2) is 29.0 Å². The van der Waals surface area contributed by atoms with Gasteiger partial charge in [-0.3, -0.25) is 15.0 Å². The van der Waals surface area contributed by atoms with Crippen molar-refractivity contribution in [2.45, 2.75) is 88.8 Å². The quantitative estimate of drug-likeness (QED) is 0.386. The molecule has 5 aliphatic rings. The van der Waals surface area contributed by atoms with E-state index in [4.69, 9.17) is 15.0 Å². The molecule has 0 aromatic carbocycles. The molecule has 1 saturated heterocycles. The summed E-state index contributed by atoms with van der Waals surface area (Å²) < 4.78 is 45.4. The highest BCUT2D eigenvalue weighted by atomic mass is 19.1. The van der Waals surface area contributed by atoms with Gasteiger partial charge in [-0.05, 0) is 56.3 Å². The Labute approximate surface area is 203 Å². The van der Waals surface area contributed by atoms with Crippen molar-refractivity contribution >= 4 is 11.6 Å². The summed E-state index contributed by atoms with van der Waals surface area (Å²) in [5, 5.41) is 14.6. The molecule has 4 fully saturated rings. The number of aliphatic hydroxyl groups excluding tert-OH is 1. The molecule has 0 radical (unpaired) electrons. The lowest BCUT2D eigenvalue weighted by atomic mass is 9.44. The first-order valence-electron chi connectivity index (χ1n) is 12.4. The van der Waals surface area contributed by atoms with Gasteiger partial charge in [-0.25, -0.2) is 8.78 Å². The highest BCUT2D eigenvalue weighted by Crippen LogP contribution is 2.72. The molecule has 3 saturated carbocycles. The molecule has 0 aromatic rings. The number of alkyl halides is 2. The number of nitrogens with one attached hydrogen (secondary N) is 2. The maximum atomic E-state index is 17.3. The largest absolute Gasteiger partial charge is 0.390 e. The van der Waals surface area contributed by atoms with Gasteiger partial charge in [-0.1, -0.05) is 31.6 Å². The fourth-order valence-electron chi connectivity index (χ4n) is 8.13. The second-order valence-electron chi connectivity index (χ2n) is 11.2. The number of ether oxygens (including phenoxy) is 2. The molecule has 3 N–H and O–H groups in total. The third-order valence-corrected chi connectivity index (χ3v) is 9.68. The third-order valence-electron chi connectivity index (χ3n) is 9.68. The topological polar surface area (TPSA) is 121 Å². The van der Waals surface area contributed by atoms with Crippen LogP contribution in [0.3, 0.4) is 0 Å². The molecule has 0 spiro atoms. The standard InChI is InChI=1S/C25H33F2N3O5/c1-4-5-21-34-20-10-14-15-9-17(26)16-8-13(31)6-7-22(16,2)24(15,27)18(32)11-23(14,3)25(20,35-21)19(33)12-29-30-28/h6-8,14-15,17-18,20-21,32H,4-5,9-12H2,1-3H3,(H2,28,29)/t14-,15-,17-,18-,20+,21?,22-,23-,24-,25+/m0/s1. The lowest BCUT2D eigenvalue weighted by molar-refractivity contribution is -0.234. The second kappa shape index (κ2) is 7.98. The molecule has 0 bridgehead atoms. The fraction of sp³-hybridized carbons (Fsp3) is 0.760. The van der Waals surface area contributed by atoms with Crippen LogP contribution in [0.25, 0.3) is 0 Å². The Bertz CT molecular complexity index is 1020. The average molecular weight is 494 g/mol. The van der Waals surface area contributed by atoms with Gasteiger partial charge in [-0.15, -0.1) is 0 Å². The first-order chi connectivity index (χ1) is 16.5. The SMILES string of the molecule is CCCC1O[C@@H]2C[C@H]3[C@@H]4C[C@H](F)C5=CC(=O)C=C[C@]5(C)[C@@]4(F)[C@@H](O)C[C@]3(C)[C@]2(C(=O)CNN=N)O1. The Kier molecular flexibility index (Phi) is 5.62. The van der Waals surface area contributed by atoms with E-state index in [1.54, 1.807) is 6.92 Å². The van der Waals surface area contributed by atoms with Crippen LogP contribution >= 0.6 is 0 Å². The number of ketones is 2. The number of nitrogens with zero attached hydrogens (tertiary/aromatic N) is 1. The van der Waals surface area contributed by atoms with Crippen LogP contribution in [0.2, 0.25) is 0 Å². The second-order valence-corrected chi connectivity index (χ2v) is 11.2. The minimum atomic E-state index is -2.23. The van der Waals surface area contributed by atoms with Gasteiger partial charge < -0.3 is 14.6 Å². The molecule has 8 nitrogen and oxygen atoms in total. The summed E-state index contributed by atoms with van der Waals surface area (Å²) in [5.74, 6) is -2.20. The molecule has 4 aliphatic carbocycles. The normalized spacial score (nSPS) is 50.0. The van der Waals surface area contributed by atoms with Gasteiger partial charge in [0.15, 0.2) is 29.1 Å². The zero-order valence-corrected chi connectivity index (χ0v) is 20.2. The van der Waals surface area contributed by atoms with Crippen molar-refractivity contribution in [1.29, 1.82) is 5.53 Å². The van der Waals surface area contributed by atoms with E-state index in [2.05, 4.69) is 10.6 Å².